The van der Waals surface area contributed by atoms with Crippen LogP contribution in [-0.4, -0.2) is 30.6 Å². The van der Waals surface area contributed by atoms with Gasteiger partial charge in [-0.25, -0.2) is 4.79 Å². The molecule has 2 N–H and O–H groups in total. The number of H-pyrrole nitrogens is 1. The Bertz CT molecular complexity index is 1050. The molecule has 6 heteroatoms. The van der Waals surface area contributed by atoms with Crippen LogP contribution in [0.4, 0.5) is 0 Å². The maximum atomic E-state index is 12.5. The molecule has 0 spiro atoms. The standard InChI is InChI=1S/C24H26N2O4/c1-5-30-24(28)22-15(2)21(16(3)26-22)18-9-11-19(12-10-18)23(27)25-14-17-7-6-8-20(13-17)29-4/h6-13,26H,5,14H2,1-4H3,(H,25,27). The number of rotatable bonds is 7. The van der Waals surface area contributed by atoms with Gasteiger partial charge in [0.05, 0.1) is 13.7 Å². The molecule has 1 amide bonds. The molecule has 2 aromatic carbocycles. The largest absolute Gasteiger partial charge is 0.497 e. The van der Waals surface area contributed by atoms with E-state index in [2.05, 4.69) is 10.3 Å². The first-order valence-corrected chi connectivity index (χ1v) is 9.82. The van der Waals surface area contributed by atoms with E-state index in [9.17, 15) is 9.59 Å². The second-order valence-corrected chi connectivity index (χ2v) is 6.96. The van der Waals surface area contributed by atoms with Gasteiger partial charge in [-0.1, -0.05) is 24.3 Å². The minimum Gasteiger partial charge on any atom is -0.497 e. The third-order valence-electron chi connectivity index (χ3n) is 4.94. The molecule has 1 heterocycles. The molecule has 30 heavy (non-hydrogen) atoms. The van der Waals surface area contributed by atoms with Gasteiger partial charge in [0.1, 0.15) is 11.4 Å². The van der Waals surface area contributed by atoms with Gasteiger partial charge in [0.25, 0.3) is 5.91 Å². The fourth-order valence-corrected chi connectivity index (χ4v) is 3.45. The van der Waals surface area contributed by atoms with Crippen LogP contribution in [0.15, 0.2) is 48.5 Å². The Morgan fingerprint density at radius 1 is 1.07 bits per heavy atom. The molecule has 3 rings (SSSR count). The molecule has 1 aromatic heterocycles. The summed E-state index contributed by atoms with van der Waals surface area (Å²) in [6.45, 7) is 6.32. The Morgan fingerprint density at radius 2 is 1.80 bits per heavy atom. The number of aromatic nitrogens is 1. The summed E-state index contributed by atoms with van der Waals surface area (Å²) in [5.41, 5.74) is 5.58. The van der Waals surface area contributed by atoms with E-state index in [0.29, 0.717) is 24.4 Å². The number of hydrogen-bond acceptors (Lipinski definition) is 4. The van der Waals surface area contributed by atoms with Crippen LogP contribution in [0.3, 0.4) is 0 Å². The van der Waals surface area contributed by atoms with Gasteiger partial charge >= 0.3 is 5.97 Å². The van der Waals surface area contributed by atoms with E-state index in [0.717, 1.165) is 33.7 Å². The third-order valence-corrected chi connectivity index (χ3v) is 4.94. The molecule has 0 bridgehead atoms. The first-order valence-electron chi connectivity index (χ1n) is 9.82. The summed E-state index contributed by atoms with van der Waals surface area (Å²) in [7, 11) is 1.61. The number of hydrogen-bond donors (Lipinski definition) is 2. The number of nitrogens with one attached hydrogen (secondary N) is 2. The fourth-order valence-electron chi connectivity index (χ4n) is 3.45. The number of carbonyl (C=O) groups excluding carboxylic acids is 2. The molecular formula is C24H26N2O4. The monoisotopic (exact) mass is 406 g/mol. The van der Waals surface area contributed by atoms with Gasteiger partial charge in [-0.15, -0.1) is 0 Å². The number of amides is 1. The summed E-state index contributed by atoms with van der Waals surface area (Å²) in [5.74, 6) is 0.238. The lowest BCUT2D eigenvalue weighted by molar-refractivity contribution is 0.0519. The molecule has 0 aliphatic rings. The summed E-state index contributed by atoms with van der Waals surface area (Å²) in [4.78, 5) is 27.7. The zero-order valence-corrected chi connectivity index (χ0v) is 17.7. The van der Waals surface area contributed by atoms with Gasteiger partial charge in [0.15, 0.2) is 0 Å². The Labute approximate surface area is 176 Å². The van der Waals surface area contributed by atoms with Crippen LogP contribution in [0, 0.1) is 13.8 Å². The summed E-state index contributed by atoms with van der Waals surface area (Å²) in [5, 5.41) is 2.92. The Balaban J connectivity index is 1.73. The summed E-state index contributed by atoms with van der Waals surface area (Å²) < 4.78 is 10.3. The van der Waals surface area contributed by atoms with Gasteiger partial charge in [-0.3, -0.25) is 4.79 Å². The predicted molar refractivity (Wildman–Crippen MR) is 116 cm³/mol. The highest BCUT2D eigenvalue weighted by Gasteiger charge is 2.19. The average Bonchev–Trinajstić information content (AvgIpc) is 3.06. The van der Waals surface area contributed by atoms with E-state index in [1.807, 2.05) is 50.2 Å². The van der Waals surface area contributed by atoms with Crippen LogP contribution in [-0.2, 0) is 11.3 Å². The number of aromatic amines is 1. The van der Waals surface area contributed by atoms with Crippen molar-refractivity contribution in [2.45, 2.75) is 27.3 Å². The zero-order chi connectivity index (χ0) is 21.7. The van der Waals surface area contributed by atoms with Gasteiger partial charge in [0, 0.05) is 23.4 Å². The highest BCUT2D eigenvalue weighted by atomic mass is 16.5. The lowest BCUT2D eigenvalue weighted by Gasteiger charge is -2.08. The zero-order valence-electron chi connectivity index (χ0n) is 17.7. The molecule has 0 aliphatic carbocycles. The molecule has 0 radical (unpaired) electrons. The molecule has 3 aromatic rings. The number of esters is 1. The molecule has 0 saturated heterocycles. The smallest absolute Gasteiger partial charge is 0.355 e. The fraction of sp³-hybridized carbons (Fsp3) is 0.250. The lowest BCUT2D eigenvalue weighted by atomic mass is 10.00. The van der Waals surface area contributed by atoms with Crippen molar-refractivity contribution < 1.29 is 19.1 Å². The molecule has 156 valence electrons. The maximum absolute atomic E-state index is 12.5. The van der Waals surface area contributed by atoms with E-state index in [-0.39, 0.29) is 11.9 Å². The first-order chi connectivity index (χ1) is 14.4. The first kappa shape index (κ1) is 21.2. The quantitative estimate of drug-likeness (QED) is 0.570. The van der Waals surface area contributed by atoms with Crippen LogP contribution >= 0.6 is 0 Å². The van der Waals surface area contributed by atoms with E-state index < -0.39 is 0 Å². The van der Waals surface area contributed by atoms with Crippen LogP contribution in [0.5, 0.6) is 5.75 Å². The molecule has 0 unspecified atom stereocenters. The van der Waals surface area contributed by atoms with Crippen molar-refractivity contribution in [2.24, 2.45) is 0 Å². The Morgan fingerprint density at radius 3 is 2.47 bits per heavy atom. The summed E-state index contributed by atoms with van der Waals surface area (Å²) in [6, 6.07) is 14.9. The van der Waals surface area contributed by atoms with Crippen LogP contribution < -0.4 is 10.1 Å². The van der Waals surface area contributed by atoms with Crippen LogP contribution in [0.25, 0.3) is 11.1 Å². The van der Waals surface area contributed by atoms with Crippen molar-refractivity contribution in [1.29, 1.82) is 0 Å². The number of aryl methyl sites for hydroxylation is 1. The molecular weight excluding hydrogens is 380 g/mol. The normalized spacial score (nSPS) is 10.5. The van der Waals surface area contributed by atoms with E-state index in [4.69, 9.17) is 9.47 Å². The van der Waals surface area contributed by atoms with Crippen molar-refractivity contribution in [3.8, 4) is 16.9 Å². The highest BCUT2D eigenvalue weighted by molar-refractivity contribution is 5.95. The van der Waals surface area contributed by atoms with Crippen LogP contribution in [0.2, 0.25) is 0 Å². The molecule has 0 atom stereocenters. The van der Waals surface area contributed by atoms with Crippen molar-refractivity contribution in [3.05, 3.63) is 76.6 Å². The SMILES string of the molecule is CCOC(=O)c1[nH]c(C)c(-c2ccc(C(=O)NCc3cccc(OC)c3)cc2)c1C. The van der Waals surface area contributed by atoms with Gasteiger partial charge in [-0.2, -0.15) is 0 Å². The summed E-state index contributed by atoms with van der Waals surface area (Å²) in [6.07, 6.45) is 0. The predicted octanol–water partition coefficient (Wildman–Crippen LogP) is 4.41. The van der Waals surface area contributed by atoms with E-state index in [1.54, 1.807) is 26.2 Å². The van der Waals surface area contributed by atoms with E-state index in [1.165, 1.54) is 0 Å². The highest BCUT2D eigenvalue weighted by Crippen LogP contribution is 2.30. The maximum Gasteiger partial charge on any atom is 0.355 e. The van der Waals surface area contributed by atoms with Crippen molar-refractivity contribution in [2.75, 3.05) is 13.7 Å². The molecule has 0 fully saturated rings. The van der Waals surface area contributed by atoms with E-state index >= 15 is 0 Å². The number of benzene rings is 2. The summed E-state index contributed by atoms with van der Waals surface area (Å²) >= 11 is 0. The van der Waals surface area contributed by atoms with Gasteiger partial charge in [0.2, 0.25) is 0 Å². The number of ether oxygens (including phenoxy) is 2. The van der Waals surface area contributed by atoms with Crippen LogP contribution in [0.1, 0.15) is 44.6 Å². The van der Waals surface area contributed by atoms with Crippen molar-refractivity contribution in [3.63, 3.8) is 0 Å². The number of methoxy groups -OCH3 is 1. The van der Waals surface area contributed by atoms with Gasteiger partial charge < -0.3 is 19.8 Å². The minimum absolute atomic E-state index is 0.154. The average molecular weight is 406 g/mol. The van der Waals surface area contributed by atoms with Crippen molar-refractivity contribution >= 4 is 11.9 Å². The third kappa shape index (κ3) is 4.54. The second-order valence-electron chi connectivity index (χ2n) is 6.96. The minimum atomic E-state index is -0.363. The Hall–Kier alpha value is -3.54. The lowest BCUT2D eigenvalue weighted by Crippen LogP contribution is -2.22. The Kier molecular flexibility index (Phi) is 6.57. The molecule has 0 aliphatic heterocycles. The van der Waals surface area contributed by atoms with Crippen molar-refractivity contribution in [1.82, 2.24) is 10.3 Å². The van der Waals surface area contributed by atoms with Gasteiger partial charge in [-0.05, 0) is 61.7 Å². The second kappa shape index (κ2) is 9.31. The molecule has 0 saturated carbocycles. The molecule has 6 nitrogen and oxygen atoms in total. The number of carbonyl (C=O) groups is 2. The topological polar surface area (TPSA) is 80.4 Å².